The van der Waals surface area contributed by atoms with E-state index in [0.29, 0.717) is 30.0 Å². The van der Waals surface area contributed by atoms with Crippen LogP contribution in [0.5, 0.6) is 0 Å². The van der Waals surface area contributed by atoms with Crippen LogP contribution in [0.2, 0.25) is 0 Å². The predicted molar refractivity (Wildman–Crippen MR) is 132 cm³/mol. The Morgan fingerprint density at radius 2 is 1.73 bits per heavy atom. The molecule has 2 aromatic rings. The molecule has 2 fully saturated rings. The lowest BCUT2D eigenvalue weighted by atomic mass is 10.2. The monoisotopic (exact) mass is 493 g/mol. The summed E-state index contributed by atoms with van der Waals surface area (Å²) >= 11 is 1.46. The zero-order chi connectivity index (χ0) is 23.6. The van der Waals surface area contributed by atoms with E-state index in [-0.39, 0.29) is 11.2 Å². The minimum absolute atomic E-state index is 0.138. The lowest BCUT2D eigenvalue weighted by molar-refractivity contribution is -0.132. The third-order valence-electron chi connectivity index (χ3n) is 6.71. The largest absolute Gasteiger partial charge is 0.339 e. The number of benzene rings is 1. The van der Waals surface area contributed by atoms with E-state index in [4.69, 9.17) is 4.98 Å². The SMILES string of the molecule is CCN1CCN(C(=O)C(C)Sc2nc3cc(S(=O)(=O)N4CCCCC4)ccc3n2CC)CC1. The minimum atomic E-state index is -3.51. The van der Waals surface area contributed by atoms with Gasteiger partial charge in [0.15, 0.2) is 5.16 Å². The Bertz CT molecular complexity index is 1090. The Labute approximate surface area is 201 Å². The molecule has 182 valence electrons. The fraction of sp³-hybridized carbons (Fsp3) is 0.652. The number of likely N-dealkylation sites (N-methyl/N-ethyl adjacent to an activating group) is 1. The maximum Gasteiger partial charge on any atom is 0.243 e. The second-order valence-corrected chi connectivity index (χ2v) is 12.0. The Hall–Kier alpha value is -1.62. The molecule has 0 aliphatic carbocycles. The zero-order valence-corrected chi connectivity index (χ0v) is 21.5. The summed E-state index contributed by atoms with van der Waals surface area (Å²) in [6.45, 7) is 12.4. The van der Waals surface area contributed by atoms with Crippen LogP contribution in [0, 0.1) is 0 Å². The van der Waals surface area contributed by atoms with E-state index in [9.17, 15) is 13.2 Å². The molecule has 2 aliphatic rings. The molecule has 1 unspecified atom stereocenters. The van der Waals surface area contributed by atoms with Crippen molar-refractivity contribution in [3.05, 3.63) is 18.2 Å². The van der Waals surface area contributed by atoms with Crippen molar-refractivity contribution in [2.45, 2.75) is 61.9 Å². The first-order chi connectivity index (χ1) is 15.8. The van der Waals surface area contributed by atoms with Crippen molar-refractivity contribution in [1.82, 2.24) is 23.7 Å². The number of aromatic nitrogens is 2. The topological polar surface area (TPSA) is 78.8 Å². The third kappa shape index (κ3) is 5.08. The number of nitrogens with zero attached hydrogens (tertiary/aromatic N) is 5. The molecular formula is C23H35N5O3S2. The number of amides is 1. The van der Waals surface area contributed by atoms with Gasteiger partial charge in [0.1, 0.15) is 0 Å². The van der Waals surface area contributed by atoms with Gasteiger partial charge >= 0.3 is 0 Å². The molecule has 0 bridgehead atoms. The number of piperazine rings is 1. The Morgan fingerprint density at radius 3 is 2.36 bits per heavy atom. The van der Waals surface area contributed by atoms with Crippen molar-refractivity contribution in [3.63, 3.8) is 0 Å². The van der Waals surface area contributed by atoms with Crippen LogP contribution in [-0.2, 0) is 21.4 Å². The first-order valence-electron chi connectivity index (χ1n) is 12.0. The summed E-state index contributed by atoms with van der Waals surface area (Å²) in [5.41, 5.74) is 1.56. The van der Waals surface area contributed by atoms with Gasteiger partial charge in [-0.05, 0) is 51.4 Å². The quantitative estimate of drug-likeness (QED) is 0.552. The van der Waals surface area contributed by atoms with Gasteiger partial charge in [-0.25, -0.2) is 13.4 Å². The summed E-state index contributed by atoms with van der Waals surface area (Å²) in [4.78, 5) is 22.4. The second kappa shape index (κ2) is 10.3. The molecular weight excluding hydrogens is 458 g/mol. The van der Waals surface area contributed by atoms with E-state index in [2.05, 4.69) is 16.4 Å². The molecule has 2 aliphatic heterocycles. The average Bonchev–Trinajstić information content (AvgIpc) is 3.20. The standard InChI is InChI=1S/C23H35N5O3S2/c1-4-25-13-15-26(16-14-25)22(29)18(3)32-23-24-20-17-19(9-10-21(20)28(23)5-2)33(30,31)27-11-7-6-8-12-27/h9-10,17-18H,4-8,11-16H2,1-3H3. The van der Waals surface area contributed by atoms with E-state index in [1.807, 2.05) is 24.8 Å². The summed E-state index contributed by atoms with van der Waals surface area (Å²) < 4.78 is 29.9. The highest BCUT2D eigenvalue weighted by Gasteiger charge is 2.28. The number of imidazole rings is 1. The fourth-order valence-corrected chi connectivity index (χ4v) is 7.26. The number of carbonyl (C=O) groups excluding carboxylic acids is 1. The van der Waals surface area contributed by atoms with E-state index in [1.165, 1.54) is 11.8 Å². The van der Waals surface area contributed by atoms with Crippen molar-refractivity contribution in [2.75, 3.05) is 45.8 Å². The lowest BCUT2D eigenvalue weighted by Crippen LogP contribution is -2.50. The average molecular weight is 494 g/mol. The Balaban J connectivity index is 1.54. The Kier molecular flexibility index (Phi) is 7.67. The summed E-state index contributed by atoms with van der Waals surface area (Å²) in [6.07, 6.45) is 2.90. The molecule has 3 heterocycles. The number of fused-ring (bicyclic) bond motifs is 1. The van der Waals surface area contributed by atoms with Crippen molar-refractivity contribution < 1.29 is 13.2 Å². The molecule has 1 atom stereocenters. The normalized spacial score (nSPS) is 19.8. The molecule has 0 N–H and O–H groups in total. The highest BCUT2D eigenvalue weighted by atomic mass is 32.2. The number of sulfonamides is 1. The highest BCUT2D eigenvalue weighted by molar-refractivity contribution is 8.00. The summed E-state index contributed by atoms with van der Waals surface area (Å²) in [7, 11) is -3.51. The van der Waals surface area contributed by atoms with Gasteiger partial charge in [-0.3, -0.25) is 4.79 Å². The van der Waals surface area contributed by atoms with Crippen LogP contribution in [0.15, 0.2) is 28.3 Å². The zero-order valence-electron chi connectivity index (χ0n) is 19.9. The highest BCUT2D eigenvalue weighted by Crippen LogP contribution is 2.30. The molecule has 10 heteroatoms. The van der Waals surface area contributed by atoms with Crippen LogP contribution in [-0.4, -0.2) is 89.0 Å². The van der Waals surface area contributed by atoms with E-state index >= 15 is 0 Å². The molecule has 1 amide bonds. The smallest absolute Gasteiger partial charge is 0.243 e. The van der Waals surface area contributed by atoms with Gasteiger partial charge in [0, 0.05) is 45.8 Å². The van der Waals surface area contributed by atoms with Gasteiger partial charge in [0.25, 0.3) is 0 Å². The van der Waals surface area contributed by atoms with Crippen molar-refractivity contribution in [2.24, 2.45) is 0 Å². The van der Waals surface area contributed by atoms with Crippen molar-refractivity contribution in [3.8, 4) is 0 Å². The Morgan fingerprint density at radius 1 is 1.03 bits per heavy atom. The fourth-order valence-electron chi connectivity index (χ4n) is 4.65. The number of rotatable bonds is 7. The molecule has 33 heavy (non-hydrogen) atoms. The molecule has 0 saturated carbocycles. The van der Waals surface area contributed by atoms with Gasteiger partial charge in [-0.2, -0.15) is 4.31 Å². The molecule has 1 aromatic carbocycles. The number of aryl methyl sites for hydroxylation is 1. The molecule has 0 spiro atoms. The van der Waals surface area contributed by atoms with E-state index < -0.39 is 10.0 Å². The molecule has 0 radical (unpaired) electrons. The number of hydrogen-bond donors (Lipinski definition) is 0. The summed E-state index contributed by atoms with van der Waals surface area (Å²) in [5.74, 6) is 0.138. The molecule has 8 nitrogen and oxygen atoms in total. The van der Waals surface area contributed by atoms with Gasteiger partial charge in [0.2, 0.25) is 15.9 Å². The third-order valence-corrected chi connectivity index (χ3v) is 9.69. The lowest BCUT2D eigenvalue weighted by Gasteiger charge is -2.35. The van der Waals surface area contributed by atoms with Crippen LogP contribution in [0.1, 0.15) is 40.0 Å². The first-order valence-corrected chi connectivity index (χ1v) is 14.3. The molecule has 1 aromatic heterocycles. The minimum Gasteiger partial charge on any atom is -0.339 e. The second-order valence-electron chi connectivity index (χ2n) is 8.77. The predicted octanol–water partition coefficient (Wildman–Crippen LogP) is 2.88. The molecule has 4 rings (SSSR count). The van der Waals surface area contributed by atoms with Crippen LogP contribution in [0.4, 0.5) is 0 Å². The van der Waals surface area contributed by atoms with Gasteiger partial charge in [-0.15, -0.1) is 0 Å². The maximum atomic E-state index is 13.1. The van der Waals surface area contributed by atoms with Crippen molar-refractivity contribution >= 4 is 38.7 Å². The van der Waals surface area contributed by atoms with Gasteiger partial charge in [-0.1, -0.05) is 25.1 Å². The van der Waals surface area contributed by atoms with E-state index in [0.717, 1.165) is 62.7 Å². The van der Waals surface area contributed by atoms with Crippen LogP contribution >= 0.6 is 11.8 Å². The van der Waals surface area contributed by atoms with E-state index in [1.54, 1.807) is 16.4 Å². The van der Waals surface area contributed by atoms with Gasteiger partial charge in [0.05, 0.1) is 21.2 Å². The van der Waals surface area contributed by atoms with Crippen LogP contribution in [0.3, 0.4) is 0 Å². The summed E-state index contributed by atoms with van der Waals surface area (Å²) in [5, 5.41) is 0.505. The van der Waals surface area contributed by atoms with Crippen LogP contribution < -0.4 is 0 Å². The number of thioether (sulfide) groups is 1. The number of carbonyl (C=O) groups is 1. The number of hydrogen-bond acceptors (Lipinski definition) is 6. The molecule has 2 saturated heterocycles. The van der Waals surface area contributed by atoms with Crippen molar-refractivity contribution in [1.29, 1.82) is 0 Å². The first kappa shape index (κ1) is 24.5. The maximum absolute atomic E-state index is 13.1. The summed E-state index contributed by atoms with van der Waals surface area (Å²) in [6, 6.07) is 5.23. The van der Waals surface area contributed by atoms with Crippen LogP contribution in [0.25, 0.3) is 11.0 Å². The van der Waals surface area contributed by atoms with Gasteiger partial charge < -0.3 is 14.4 Å². The number of piperidine rings is 1.